The molecule has 6 heteroatoms. The normalized spacial score (nSPS) is 17.2. The van der Waals surface area contributed by atoms with Crippen LogP contribution in [0.25, 0.3) is 0 Å². The van der Waals surface area contributed by atoms with Crippen LogP contribution in [0.4, 0.5) is 5.69 Å². The Bertz CT molecular complexity index is 663. The number of anilines is 1. The Balaban J connectivity index is 1.92. The van der Waals surface area contributed by atoms with Gasteiger partial charge in [-0.25, -0.2) is 0 Å². The molecule has 3 rings (SSSR count). The van der Waals surface area contributed by atoms with Crippen molar-refractivity contribution in [2.45, 2.75) is 25.3 Å². The van der Waals surface area contributed by atoms with Crippen LogP contribution in [0.5, 0.6) is 0 Å². The van der Waals surface area contributed by atoms with Gasteiger partial charge in [-0.2, -0.15) is 5.10 Å². The van der Waals surface area contributed by atoms with Crippen molar-refractivity contribution in [2.75, 3.05) is 18.4 Å². The molecule has 0 aliphatic carbocycles. The molecule has 2 N–H and O–H groups in total. The number of nitrogens with zero attached hydrogens (tertiary/aromatic N) is 2. The number of benzene rings is 1. The number of hydrogen-bond donors (Lipinski definition) is 2. The fourth-order valence-electron chi connectivity index (χ4n) is 2.90. The number of hydrogen-bond acceptors (Lipinski definition) is 3. The molecule has 1 aromatic heterocycles. The van der Waals surface area contributed by atoms with Gasteiger partial charge in [0, 0.05) is 22.6 Å². The summed E-state index contributed by atoms with van der Waals surface area (Å²) < 4.78 is 2.79. The van der Waals surface area contributed by atoms with E-state index in [9.17, 15) is 4.79 Å². The van der Waals surface area contributed by atoms with Crippen molar-refractivity contribution in [3.8, 4) is 0 Å². The summed E-state index contributed by atoms with van der Waals surface area (Å²) in [6, 6.07) is 7.69. The molecule has 1 fully saturated rings. The highest BCUT2D eigenvalue weighted by atomic mass is 79.9. The molecule has 0 spiro atoms. The van der Waals surface area contributed by atoms with Crippen LogP contribution in [0.1, 0.15) is 18.4 Å². The van der Waals surface area contributed by atoms with E-state index < -0.39 is 5.54 Å². The van der Waals surface area contributed by atoms with Gasteiger partial charge < -0.3 is 10.6 Å². The molecule has 0 unspecified atom stereocenters. The number of carbonyl (C=O) groups is 1. The van der Waals surface area contributed by atoms with Crippen LogP contribution < -0.4 is 10.6 Å². The number of halogens is 1. The Hall–Kier alpha value is -1.66. The molecule has 1 aliphatic heterocycles. The molecule has 0 bridgehead atoms. The Morgan fingerprint density at radius 3 is 2.82 bits per heavy atom. The maximum Gasteiger partial charge on any atom is 0.252 e. The van der Waals surface area contributed by atoms with Crippen LogP contribution in [0, 0.1) is 6.92 Å². The Labute approximate surface area is 138 Å². The van der Waals surface area contributed by atoms with E-state index in [0.717, 1.165) is 41.7 Å². The van der Waals surface area contributed by atoms with E-state index in [-0.39, 0.29) is 5.91 Å². The number of aromatic nitrogens is 2. The molecule has 2 aromatic rings. The summed E-state index contributed by atoms with van der Waals surface area (Å²) in [5.41, 5.74) is 1.24. The molecule has 0 saturated carbocycles. The number of carbonyl (C=O) groups excluding carboxylic acids is 1. The van der Waals surface area contributed by atoms with Gasteiger partial charge in [0.15, 0.2) is 0 Å². The van der Waals surface area contributed by atoms with E-state index in [1.54, 1.807) is 10.9 Å². The van der Waals surface area contributed by atoms with Gasteiger partial charge in [0.25, 0.3) is 5.91 Å². The summed E-state index contributed by atoms with van der Waals surface area (Å²) in [6.07, 6.45) is 5.06. The van der Waals surface area contributed by atoms with Crippen molar-refractivity contribution >= 4 is 27.5 Å². The van der Waals surface area contributed by atoms with Crippen LogP contribution in [0.15, 0.2) is 41.1 Å². The van der Waals surface area contributed by atoms with E-state index in [1.165, 1.54) is 0 Å². The summed E-state index contributed by atoms with van der Waals surface area (Å²) in [4.78, 5) is 13.0. The molecule has 116 valence electrons. The van der Waals surface area contributed by atoms with Gasteiger partial charge in [-0.3, -0.25) is 9.48 Å². The fourth-order valence-corrected chi connectivity index (χ4v) is 3.27. The topological polar surface area (TPSA) is 59.0 Å². The zero-order valence-electron chi connectivity index (χ0n) is 12.5. The molecule has 0 radical (unpaired) electrons. The quantitative estimate of drug-likeness (QED) is 0.882. The minimum absolute atomic E-state index is 0.00102. The zero-order chi connectivity index (χ0) is 15.6. The van der Waals surface area contributed by atoms with Gasteiger partial charge in [-0.1, -0.05) is 22.0 Å². The molecule has 5 nitrogen and oxygen atoms in total. The maximum atomic E-state index is 13.0. The van der Waals surface area contributed by atoms with E-state index in [0.29, 0.717) is 0 Å². The van der Waals surface area contributed by atoms with Crippen LogP contribution in [0.2, 0.25) is 0 Å². The number of amides is 1. The van der Waals surface area contributed by atoms with Crippen LogP contribution in [-0.4, -0.2) is 28.8 Å². The largest absolute Gasteiger partial charge is 0.324 e. The van der Waals surface area contributed by atoms with Crippen molar-refractivity contribution in [3.63, 3.8) is 0 Å². The second-order valence-electron chi connectivity index (χ2n) is 5.60. The highest BCUT2D eigenvalue weighted by molar-refractivity contribution is 9.10. The van der Waals surface area contributed by atoms with Crippen LogP contribution in [0.3, 0.4) is 0 Å². The minimum atomic E-state index is -0.622. The third-order valence-electron chi connectivity index (χ3n) is 4.31. The number of nitrogens with one attached hydrogen (secondary N) is 2. The molecule has 1 aliphatic rings. The minimum Gasteiger partial charge on any atom is -0.324 e. The second kappa shape index (κ2) is 6.22. The van der Waals surface area contributed by atoms with Gasteiger partial charge in [-0.15, -0.1) is 0 Å². The predicted molar refractivity (Wildman–Crippen MR) is 89.8 cm³/mol. The van der Waals surface area contributed by atoms with Crippen molar-refractivity contribution < 1.29 is 4.79 Å². The Morgan fingerprint density at radius 2 is 2.14 bits per heavy atom. The van der Waals surface area contributed by atoms with Crippen LogP contribution in [-0.2, 0) is 10.3 Å². The number of piperidine rings is 1. The first kappa shape index (κ1) is 15.2. The van der Waals surface area contributed by atoms with E-state index in [4.69, 9.17) is 0 Å². The smallest absolute Gasteiger partial charge is 0.252 e. The molecule has 22 heavy (non-hydrogen) atoms. The average molecular weight is 363 g/mol. The molecule has 1 saturated heterocycles. The predicted octanol–water partition coefficient (Wildman–Crippen LogP) is 2.67. The van der Waals surface area contributed by atoms with Gasteiger partial charge in [0.1, 0.15) is 5.54 Å². The maximum absolute atomic E-state index is 13.0. The summed E-state index contributed by atoms with van der Waals surface area (Å²) in [6.45, 7) is 3.61. The third kappa shape index (κ3) is 2.68. The van der Waals surface area contributed by atoms with E-state index >= 15 is 0 Å². The van der Waals surface area contributed by atoms with Gasteiger partial charge in [0.05, 0.1) is 0 Å². The first-order valence-corrected chi connectivity index (χ1v) is 8.20. The van der Waals surface area contributed by atoms with Crippen LogP contribution >= 0.6 is 15.9 Å². The van der Waals surface area contributed by atoms with Crippen molar-refractivity contribution in [2.24, 2.45) is 0 Å². The molecule has 1 aromatic carbocycles. The van der Waals surface area contributed by atoms with Crippen molar-refractivity contribution in [3.05, 3.63) is 46.7 Å². The molecular weight excluding hydrogens is 344 g/mol. The summed E-state index contributed by atoms with van der Waals surface area (Å²) in [7, 11) is 0. The highest BCUT2D eigenvalue weighted by Crippen LogP contribution is 2.30. The summed E-state index contributed by atoms with van der Waals surface area (Å²) in [5, 5.41) is 10.7. The molecule has 2 heterocycles. The lowest BCUT2D eigenvalue weighted by Crippen LogP contribution is -2.52. The number of rotatable bonds is 3. The van der Waals surface area contributed by atoms with Crippen molar-refractivity contribution in [1.29, 1.82) is 0 Å². The van der Waals surface area contributed by atoms with Gasteiger partial charge in [-0.05, 0) is 56.6 Å². The zero-order valence-corrected chi connectivity index (χ0v) is 14.1. The lowest BCUT2D eigenvalue weighted by Gasteiger charge is -2.36. The SMILES string of the molecule is Cc1c(Br)cccc1NC(=O)C1(n2cccn2)CCNCC1. The van der Waals surface area contributed by atoms with E-state index in [2.05, 4.69) is 31.7 Å². The second-order valence-corrected chi connectivity index (χ2v) is 6.45. The molecule has 0 atom stereocenters. The first-order valence-electron chi connectivity index (χ1n) is 7.41. The molecule has 1 amide bonds. The van der Waals surface area contributed by atoms with Gasteiger partial charge >= 0.3 is 0 Å². The summed E-state index contributed by atoms with van der Waals surface area (Å²) in [5.74, 6) is -0.00102. The standard InChI is InChI=1S/C16H19BrN4O/c1-12-13(17)4-2-5-14(12)20-15(22)16(6-9-18-10-7-16)21-11-3-8-19-21/h2-5,8,11,18H,6-7,9-10H2,1H3,(H,20,22). The van der Waals surface area contributed by atoms with Crippen molar-refractivity contribution in [1.82, 2.24) is 15.1 Å². The highest BCUT2D eigenvalue weighted by Gasteiger charge is 2.42. The third-order valence-corrected chi connectivity index (χ3v) is 5.17. The Kier molecular flexibility index (Phi) is 4.31. The fraction of sp³-hybridized carbons (Fsp3) is 0.375. The Morgan fingerprint density at radius 1 is 1.36 bits per heavy atom. The lowest BCUT2D eigenvalue weighted by atomic mass is 9.87. The monoisotopic (exact) mass is 362 g/mol. The molecular formula is C16H19BrN4O. The summed E-state index contributed by atoms with van der Waals surface area (Å²) >= 11 is 3.51. The first-order chi connectivity index (χ1) is 10.6. The van der Waals surface area contributed by atoms with Gasteiger partial charge in [0.2, 0.25) is 0 Å². The lowest BCUT2D eigenvalue weighted by molar-refractivity contribution is -0.126. The average Bonchev–Trinajstić information content (AvgIpc) is 3.07. The van der Waals surface area contributed by atoms with E-state index in [1.807, 2.05) is 37.4 Å².